The monoisotopic (exact) mass is 381 g/mol. The molecule has 0 radical (unpaired) electrons. The molecule has 2 aliphatic heterocycles. The van der Waals surface area contributed by atoms with Crippen molar-refractivity contribution in [2.75, 3.05) is 20.3 Å². The van der Waals surface area contributed by atoms with E-state index in [2.05, 4.69) is 17.3 Å². The van der Waals surface area contributed by atoms with Crippen LogP contribution >= 0.6 is 0 Å². The third kappa shape index (κ3) is 3.55. The van der Waals surface area contributed by atoms with Crippen molar-refractivity contribution in [2.24, 2.45) is 0 Å². The quantitative estimate of drug-likeness (QED) is 0.886. The third-order valence-electron chi connectivity index (χ3n) is 5.64. The van der Waals surface area contributed by atoms with E-state index in [9.17, 15) is 18.0 Å². The number of alkyl halides is 2. The van der Waals surface area contributed by atoms with E-state index >= 15 is 0 Å². The number of ether oxygens (including phenoxy) is 1. The summed E-state index contributed by atoms with van der Waals surface area (Å²) in [5, 5.41) is 3.37. The largest absolute Gasteiger partial charge is 0.378 e. The van der Waals surface area contributed by atoms with Crippen molar-refractivity contribution >= 4 is 16.8 Å². The average Bonchev–Trinajstić information content (AvgIpc) is 2.93. The zero-order valence-corrected chi connectivity index (χ0v) is 15.0. The number of hydrogen-bond acceptors (Lipinski definition) is 3. The van der Waals surface area contributed by atoms with E-state index in [0.717, 1.165) is 12.8 Å². The van der Waals surface area contributed by atoms with E-state index in [0.29, 0.717) is 24.1 Å². The van der Waals surface area contributed by atoms with E-state index in [1.807, 2.05) is 0 Å². The molecular weight excluding hydrogens is 359 g/mol. The van der Waals surface area contributed by atoms with Crippen molar-refractivity contribution in [1.82, 2.24) is 14.8 Å². The number of fused-ring (bicyclic) bond motifs is 3. The van der Waals surface area contributed by atoms with Crippen molar-refractivity contribution in [2.45, 2.75) is 43.9 Å². The molecule has 2 saturated heterocycles. The maximum atomic E-state index is 13.7. The summed E-state index contributed by atoms with van der Waals surface area (Å²) < 4.78 is 46.3. The van der Waals surface area contributed by atoms with E-state index in [-0.39, 0.29) is 29.6 Å². The number of morpholine rings is 1. The number of halogens is 3. The lowest BCUT2D eigenvalue weighted by atomic mass is 9.90. The van der Waals surface area contributed by atoms with Gasteiger partial charge in [-0.25, -0.2) is 13.2 Å². The zero-order chi connectivity index (χ0) is 19.1. The number of nitrogens with one attached hydrogen (secondary N) is 1. The molecule has 2 aromatic rings. The summed E-state index contributed by atoms with van der Waals surface area (Å²) in [6, 6.07) is 4.35. The van der Waals surface area contributed by atoms with Crippen LogP contribution in [0, 0.1) is 5.82 Å². The number of amides is 1. The number of piperidine rings is 1. The molecule has 1 N–H and O–H groups in total. The van der Waals surface area contributed by atoms with Gasteiger partial charge in [-0.15, -0.1) is 0 Å². The Morgan fingerprint density at radius 2 is 2.00 bits per heavy atom. The van der Waals surface area contributed by atoms with Crippen LogP contribution in [0.2, 0.25) is 0 Å². The van der Waals surface area contributed by atoms with Gasteiger partial charge in [0.25, 0.3) is 12.3 Å². The lowest BCUT2D eigenvalue weighted by molar-refractivity contribution is -0.0670. The lowest BCUT2D eigenvalue weighted by Gasteiger charge is -2.46. The van der Waals surface area contributed by atoms with Gasteiger partial charge in [0.2, 0.25) is 0 Å². The second-order valence-corrected chi connectivity index (χ2v) is 7.40. The molecule has 8 heteroatoms. The van der Waals surface area contributed by atoms with Crippen LogP contribution in [0.25, 0.3) is 10.9 Å². The van der Waals surface area contributed by atoms with E-state index in [1.54, 1.807) is 0 Å². The summed E-state index contributed by atoms with van der Waals surface area (Å²) in [5.74, 6) is -0.857. The summed E-state index contributed by atoms with van der Waals surface area (Å²) in [6.45, 7) is 0.738. The van der Waals surface area contributed by atoms with Crippen molar-refractivity contribution < 1.29 is 22.7 Å². The molecule has 3 atom stereocenters. The Balaban J connectivity index is 1.58. The summed E-state index contributed by atoms with van der Waals surface area (Å²) in [6.07, 6.45) is 0.366. The molecule has 4 rings (SSSR count). The molecule has 1 aromatic heterocycles. The Labute approximate surface area is 155 Å². The summed E-state index contributed by atoms with van der Waals surface area (Å²) >= 11 is 0. The fourth-order valence-corrected chi connectivity index (χ4v) is 4.23. The molecule has 3 heterocycles. The molecular formula is C19H22F3N3O2. The van der Waals surface area contributed by atoms with Crippen molar-refractivity contribution in [1.29, 1.82) is 0 Å². The highest BCUT2D eigenvalue weighted by Gasteiger charge is 2.37. The highest BCUT2D eigenvalue weighted by atomic mass is 19.3. The van der Waals surface area contributed by atoms with Gasteiger partial charge in [-0.1, -0.05) is 0 Å². The smallest absolute Gasteiger partial charge is 0.256 e. The summed E-state index contributed by atoms with van der Waals surface area (Å²) in [7, 11) is 2.07. The Morgan fingerprint density at radius 1 is 1.30 bits per heavy atom. The van der Waals surface area contributed by atoms with Crippen LogP contribution in [-0.2, 0) is 11.3 Å². The number of aromatic nitrogens is 1. The normalized spacial score (nSPS) is 25.9. The fourth-order valence-electron chi connectivity index (χ4n) is 4.23. The maximum absolute atomic E-state index is 13.7. The van der Waals surface area contributed by atoms with Crippen molar-refractivity contribution in [3.63, 3.8) is 0 Å². The standard InChI is InChI=1S/C19H22F3N3O2/c1-24-13-5-12(6-14(24)10-27-9-13)23-19(26)16-7-25(8-18(21)22)17-3-2-11(20)4-15(16)17/h2-4,7,12-14,18H,5-6,8-10H2,1H3,(H,23,26)/t12?,13-,14+. The zero-order valence-electron chi connectivity index (χ0n) is 15.0. The Morgan fingerprint density at radius 3 is 2.67 bits per heavy atom. The van der Waals surface area contributed by atoms with Gasteiger partial charge in [0.1, 0.15) is 5.82 Å². The topological polar surface area (TPSA) is 46.5 Å². The molecule has 146 valence electrons. The van der Waals surface area contributed by atoms with Crippen LogP contribution in [-0.4, -0.2) is 60.2 Å². The Kier molecular flexibility index (Phi) is 4.86. The first kappa shape index (κ1) is 18.3. The molecule has 0 saturated carbocycles. The average molecular weight is 381 g/mol. The maximum Gasteiger partial charge on any atom is 0.256 e. The molecule has 5 nitrogen and oxygen atoms in total. The molecule has 2 fully saturated rings. The third-order valence-corrected chi connectivity index (χ3v) is 5.64. The first-order valence-electron chi connectivity index (χ1n) is 9.09. The number of benzene rings is 1. The van der Waals surface area contributed by atoms with Crippen LogP contribution in [0.3, 0.4) is 0 Å². The number of rotatable bonds is 4. The Bertz CT molecular complexity index is 840. The number of nitrogens with zero attached hydrogens (tertiary/aromatic N) is 2. The minimum atomic E-state index is -2.56. The predicted molar refractivity (Wildman–Crippen MR) is 94.5 cm³/mol. The second-order valence-electron chi connectivity index (χ2n) is 7.40. The van der Waals surface area contributed by atoms with Gasteiger partial charge in [-0.05, 0) is 38.1 Å². The Hall–Kier alpha value is -2.06. The van der Waals surface area contributed by atoms with Gasteiger partial charge in [0.05, 0.1) is 25.3 Å². The number of carbonyl (C=O) groups excluding carboxylic acids is 1. The number of hydrogen-bond donors (Lipinski definition) is 1. The number of carbonyl (C=O) groups is 1. The van der Waals surface area contributed by atoms with Gasteiger partial charge in [0, 0.05) is 35.2 Å². The molecule has 1 aromatic carbocycles. The van der Waals surface area contributed by atoms with Gasteiger partial charge >= 0.3 is 0 Å². The van der Waals surface area contributed by atoms with Crippen molar-refractivity contribution in [3.8, 4) is 0 Å². The van der Waals surface area contributed by atoms with Gasteiger partial charge in [-0.3, -0.25) is 9.69 Å². The summed E-state index contributed by atoms with van der Waals surface area (Å²) in [5.41, 5.74) is 0.654. The highest BCUT2D eigenvalue weighted by Crippen LogP contribution is 2.28. The summed E-state index contributed by atoms with van der Waals surface area (Å²) in [4.78, 5) is 15.1. The van der Waals surface area contributed by atoms with Crippen LogP contribution < -0.4 is 5.32 Å². The minimum absolute atomic E-state index is 0.0188. The van der Waals surface area contributed by atoms with Gasteiger partial charge in [0.15, 0.2) is 0 Å². The first-order chi connectivity index (χ1) is 12.9. The van der Waals surface area contributed by atoms with Gasteiger partial charge in [-0.2, -0.15) is 0 Å². The minimum Gasteiger partial charge on any atom is -0.378 e. The molecule has 27 heavy (non-hydrogen) atoms. The molecule has 1 unspecified atom stereocenters. The molecule has 1 amide bonds. The van der Waals surface area contributed by atoms with Crippen LogP contribution in [0.4, 0.5) is 13.2 Å². The molecule has 2 bridgehead atoms. The second kappa shape index (κ2) is 7.16. The van der Waals surface area contributed by atoms with Crippen LogP contribution in [0.15, 0.2) is 24.4 Å². The lowest BCUT2D eigenvalue weighted by Crippen LogP contribution is -2.59. The SMILES string of the molecule is CN1[C@@H]2COC[C@H]1CC(NC(=O)c1cn(CC(F)F)c3ccc(F)cc13)C2. The number of likely N-dealkylation sites (N-methyl/N-ethyl adjacent to an activating group) is 1. The predicted octanol–water partition coefficient (Wildman–Crippen LogP) is 2.64. The highest BCUT2D eigenvalue weighted by molar-refractivity contribution is 6.07. The molecule has 0 aliphatic carbocycles. The molecule has 2 aliphatic rings. The van der Waals surface area contributed by atoms with Crippen LogP contribution in [0.5, 0.6) is 0 Å². The fraction of sp³-hybridized carbons (Fsp3) is 0.526. The van der Waals surface area contributed by atoms with E-state index in [1.165, 1.54) is 29.0 Å². The van der Waals surface area contributed by atoms with E-state index in [4.69, 9.17) is 4.74 Å². The van der Waals surface area contributed by atoms with E-state index < -0.39 is 18.8 Å². The molecule has 0 spiro atoms. The van der Waals surface area contributed by atoms with Crippen LogP contribution in [0.1, 0.15) is 23.2 Å². The van der Waals surface area contributed by atoms with Gasteiger partial charge < -0.3 is 14.6 Å². The first-order valence-corrected chi connectivity index (χ1v) is 9.09. The van der Waals surface area contributed by atoms with Crippen molar-refractivity contribution in [3.05, 3.63) is 35.8 Å².